The maximum Gasteiger partial charge on any atom is 0.255 e. The molecular weight excluding hydrogens is 458 g/mol. The molecule has 8 N–H and O–H groups in total. The molecule has 1 aromatic rings. The fourth-order valence-corrected chi connectivity index (χ4v) is 5.26. The molecular formula is C25H25NO9. The van der Waals surface area contributed by atoms with Gasteiger partial charge in [0.1, 0.15) is 34.0 Å². The Hall–Kier alpha value is -3.65. The van der Waals surface area contributed by atoms with E-state index in [1.807, 2.05) is 6.92 Å². The van der Waals surface area contributed by atoms with Crippen LogP contribution in [0.3, 0.4) is 0 Å². The van der Waals surface area contributed by atoms with Crippen LogP contribution >= 0.6 is 0 Å². The van der Waals surface area contributed by atoms with Gasteiger partial charge in [0.2, 0.25) is 11.4 Å². The minimum atomic E-state index is -3.24. The maximum absolute atomic E-state index is 13.5. The first-order chi connectivity index (χ1) is 16.3. The van der Waals surface area contributed by atoms with Gasteiger partial charge in [-0.1, -0.05) is 25.2 Å². The molecule has 0 fully saturated rings. The Morgan fingerprint density at radius 3 is 2.43 bits per heavy atom. The van der Waals surface area contributed by atoms with Crippen LogP contribution in [0.25, 0.3) is 0 Å². The van der Waals surface area contributed by atoms with Crippen molar-refractivity contribution in [2.75, 3.05) is 0 Å². The number of amides is 1. The van der Waals surface area contributed by atoms with Gasteiger partial charge in [0.15, 0.2) is 5.78 Å². The lowest BCUT2D eigenvalue weighted by atomic mass is 9.56. The fraction of sp³-hybridized carbons (Fsp3) is 0.400. The molecule has 10 heteroatoms. The standard InChI is InChI=1S/C25H25NO9/c1-2-3-4-5-6-12-7-8-14(27)16-13(12)9-23(33)11-24(34)10-15(28)17(22(26)32)20(30)25(24,35)21(31)18(23)19(16)29/h7-8,27-28,31,33-35H,2-4,9-11H2,1H3,(H2,26,32)/t23-,24+,25-/m1/s1. The topological polar surface area (TPSA) is 199 Å². The van der Waals surface area contributed by atoms with Crippen LogP contribution in [0.4, 0.5) is 0 Å². The van der Waals surface area contributed by atoms with Crippen molar-refractivity contribution >= 4 is 17.5 Å². The highest BCUT2D eigenvalue weighted by atomic mass is 16.4. The summed E-state index contributed by atoms with van der Waals surface area (Å²) in [6.07, 6.45) is 0.186. The van der Waals surface area contributed by atoms with Gasteiger partial charge in [-0.25, -0.2) is 0 Å². The van der Waals surface area contributed by atoms with Gasteiger partial charge in [-0.3, -0.25) is 14.4 Å². The van der Waals surface area contributed by atoms with Crippen molar-refractivity contribution < 1.29 is 45.0 Å². The Kier molecular flexibility index (Phi) is 5.56. The number of carbonyl (C=O) groups excluding carboxylic acids is 3. The van der Waals surface area contributed by atoms with Crippen LogP contribution in [0.5, 0.6) is 5.75 Å². The van der Waals surface area contributed by atoms with Crippen molar-refractivity contribution in [3.8, 4) is 17.6 Å². The number of benzene rings is 1. The number of aliphatic hydroxyl groups is 5. The zero-order chi connectivity index (χ0) is 25.9. The first kappa shape index (κ1) is 24.5. The summed E-state index contributed by atoms with van der Waals surface area (Å²) in [6.45, 7) is 2.00. The molecule has 0 radical (unpaired) electrons. The number of primary amides is 1. The average molecular weight is 483 g/mol. The largest absolute Gasteiger partial charge is 0.511 e. The van der Waals surface area contributed by atoms with E-state index in [1.54, 1.807) is 0 Å². The first-order valence-corrected chi connectivity index (χ1v) is 11.1. The molecule has 3 aliphatic carbocycles. The average Bonchev–Trinajstić information content (AvgIpc) is 2.74. The third-order valence-electron chi connectivity index (χ3n) is 6.95. The summed E-state index contributed by atoms with van der Waals surface area (Å²) in [5, 5.41) is 65.7. The molecule has 0 aromatic heterocycles. The van der Waals surface area contributed by atoms with Crippen molar-refractivity contribution in [2.45, 2.75) is 62.3 Å². The summed E-state index contributed by atoms with van der Waals surface area (Å²) in [5.41, 5.74) is -4.69. The van der Waals surface area contributed by atoms with E-state index < -0.39 is 82.0 Å². The minimum absolute atomic E-state index is 0.173. The number of Topliss-reactive ketones (excluding diaryl/α,β-unsaturated/α-hetero) is 2. The van der Waals surface area contributed by atoms with Crippen LogP contribution in [0.15, 0.2) is 34.8 Å². The summed E-state index contributed by atoms with van der Waals surface area (Å²) in [7, 11) is 0. The quantitative estimate of drug-likeness (QED) is 0.180. The molecule has 1 aromatic carbocycles. The molecule has 3 atom stereocenters. The van der Waals surface area contributed by atoms with E-state index in [1.165, 1.54) is 12.1 Å². The van der Waals surface area contributed by atoms with Crippen molar-refractivity contribution in [3.63, 3.8) is 0 Å². The number of carbonyl (C=O) groups is 3. The molecule has 0 bridgehead atoms. The Balaban J connectivity index is 1.94. The van der Waals surface area contributed by atoms with E-state index in [4.69, 9.17) is 5.73 Å². The fourth-order valence-electron chi connectivity index (χ4n) is 5.26. The highest BCUT2D eigenvalue weighted by Crippen LogP contribution is 2.55. The lowest BCUT2D eigenvalue weighted by Crippen LogP contribution is -2.71. The van der Waals surface area contributed by atoms with Crippen LogP contribution in [0.1, 0.15) is 60.5 Å². The van der Waals surface area contributed by atoms with Crippen LogP contribution in [-0.4, -0.2) is 64.9 Å². The van der Waals surface area contributed by atoms with E-state index in [9.17, 15) is 45.0 Å². The maximum atomic E-state index is 13.5. The summed E-state index contributed by atoms with van der Waals surface area (Å²) in [4.78, 5) is 38.2. The molecule has 35 heavy (non-hydrogen) atoms. The minimum Gasteiger partial charge on any atom is -0.511 e. The Bertz CT molecular complexity index is 1310. The number of unbranched alkanes of at least 4 members (excludes halogenated alkanes) is 2. The number of ketones is 2. The Morgan fingerprint density at radius 1 is 1.11 bits per heavy atom. The summed E-state index contributed by atoms with van der Waals surface area (Å²) in [5.74, 6) is -0.983. The smallest absolute Gasteiger partial charge is 0.255 e. The number of phenols is 1. The number of rotatable bonds is 3. The van der Waals surface area contributed by atoms with Gasteiger partial charge in [-0.15, -0.1) is 0 Å². The molecule has 0 saturated heterocycles. The van der Waals surface area contributed by atoms with E-state index in [0.717, 1.165) is 12.8 Å². The molecule has 184 valence electrons. The van der Waals surface area contributed by atoms with Crippen LogP contribution in [0.2, 0.25) is 0 Å². The molecule has 0 spiro atoms. The van der Waals surface area contributed by atoms with Gasteiger partial charge < -0.3 is 36.4 Å². The van der Waals surface area contributed by atoms with E-state index in [2.05, 4.69) is 11.8 Å². The second-order valence-electron chi connectivity index (χ2n) is 9.26. The number of phenolic OH excluding ortho intramolecular Hbond substituents is 1. The SMILES string of the molecule is CCCCC#Cc1ccc(O)c2c1C[C@@]1(O)C[C@@]3(O)CC(O)=C(C(N)=O)C(=O)[C@@]3(O)C(O)=C1C2=O. The number of hydrogen-bond donors (Lipinski definition) is 7. The van der Waals surface area contributed by atoms with Crippen LogP contribution in [0, 0.1) is 11.8 Å². The van der Waals surface area contributed by atoms with Crippen molar-refractivity contribution in [1.82, 2.24) is 0 Å². The molecule has 0 heterocycles. The molecule has 0 aliphatic heterocycles. The number of aromatic hydroxyl groups is 1. The molecule has 4 rings (SSSR count). The second kappa shape index (κ2) is 7.95. The summed E-state index contributed by atoms with van der Waals surface area (Å²) < 4.78 is 0. The second-order valence-corrected chi connectivity index (χ2v) is 9.26. The van der Waals surface area contributed by atoms with E-state index in [-0.39, 0.29) is 11.1 Å². The van der Waals surface area contributed by atoms with Gasteiger partial charge in [-0.05, 0) is 24.1 Å². The van der Waals surface area contributed by atoms with Crippen LogP contribution < -0.4 is 5.73 Å². The third kappa shape index (κ3) is 3.27. The van der Waals surface area contributed by atoms with Gasteiger partial charge >= 0.3 is 0 Å². The van der Waals surface area contributed by atoms with Crippen molar-refractivity contribution in [1.29, 1.82) is 0 Å². The first-order valence-electron chi connectivity index (χ1n) is 11.1. The normalized spacial score (nSPS) is 29.7. The lowest BCUT2D eigenvalue weighted by Gasteiger charge is -2.53. The molecule has 0 saturated carbocycles. The van der Waals surface area contributed by atoms with Crippen molar-refractivity contribution in [2.24, 2.45) is 5.73 Å². The Morgan fingerprint density at radius 2 is 1.80 bits per heavy atom. The monoisotopic (exact) mass is 483 g/mol. The van der Waals surface area contributed by atoms with Gasteiger partial charge in [-0.2, -0.15) is 0 Å². The van der Waals surface area contributed by atoms with Gasteiger partial charge in [0.25, 0.3) is 5.91 Å². The Labute approximate surface area is 200 Å². The zero-order valence-electron chi connectivity index (χ0n) is 18.9. The lowest BCUT2D eigenvalue weighted by molar-refractivity contribution is -0.195. The van der Waals surface area contributed by atoms with E-state index >= 15 is 0 Å². The molecule has 0 unspecified atom stereocenters. The molecule has 3 aliphatic rings. The predicted molar refractivity (Wildman–Crippen MR) is 120 cm³/mol. The molecule has 1 amide bonds. The van der Waals surface area contributed by atoms with E-state index in [0.29, 0.717) is 12.0 Å². The zero-order valence-corrected chi connectivity index (χ0v) is 18.9. The number of fused-ring (bicyclic) bond motifs is 3. The van der Waals surface area contributed by atoms with Crippen LogP contribution in [-0.2, 0) is 16.0 Å². The third-order valence-corrected chi connectivity index (χ3v) is 6.95. The number of aliphatic hydroxyl groups excluding tert-OH is 2. The predicted octanol–water partition coefficient (Wildman–Crippen LogP) is 0.352. The number of hydrogen-bond acceptors (Lipinski definition) is 9. The summed E-state index contributed by atoms with van der Waals surface area (Å²) in [6, 6.07) is 2.71. The highest BCUT2D eigenvalue weighted by molar-refractivity contribution is 6.25. The number of nitrogens with two attached hydrogens (primary N) is 1. The summed E-state index contributed by atoms with van der Waals surface area (Å²) >= 11 is 0. The van der Waals surface area contributed by atoms with Crippen molar-refractivity contribution in [3.05, 3.63) is 51.5 Å². The van der Waals surface area contributed by atoms with Gasteiger partial charge in [0.05, 0.1) is 11.1 Å². The highest BCUT2D eigenvalue weighted by Gasteiger charge is 2.70. The molecule has 10 nitrogen and oxygen atoms in total. The van der Waals surface area contributed by atoms with Gasteiger partial charge in [0, 0.05) is 31.2 Å².